The SMILES string of the molecule is CCCCCCCCCC1N(C)C=CN1CCCCCCC. The number of hydrogen-bond donors (Lipinski definition) is 0. The Kier molecular flexibility index (Phi) is 11.3. The molecule has 22 heavy (non-hydrogen) atoms. The van der Waals surface area contributed by atoms with Crippen molar-refractivity contribution in [2.75, 3.05) is 13.6 Å². The molecule has 0 fully saturated rings. The summed E-state index contributed by atoms with van der Waals surface area (Å²) < 4.78 is 0. The number of rotatable bonds is 14. The summed E-state index contributed by atoms with van der Waals surface area (Å²) in [5.41, 5.74) is 0. The highest BCUT2D eigenvalue weighted by molar-refractivity contribution is 4.95. The summed E-state index contributed by atoms with van der Waals surface area (Å²) in [7, 11) is 2.24. The predicted molar refractivity (Wildman–Crippen MR) is 98.8 cm³/mol. The van der Waals surface area contributed by atoms with E-state index in [0.717, 1.165) is 0 Å². The van der Waals surface area contributed by atoms with Crippen molar-refractivity contribution in [1.82, 2.24) is 9.80 Å². The van der Waals surface area contributed by atoms with E-state index in [1.54, 1.807) is 0 Å². The van der Waals surface area contributed by atoms with Crippen molar-refractivity contribution < 1.29 is 0 Å². The van der Waals surface area contributed by atoms with Gasteiger partial charge in [0.05, 0.1) is 0 Å². The maximum atomic E-state index is 2.57. The lowest BCUT2D eigenvalue weighted by atomic mass is 10.1. The molecule has 0 bridgehead atoms. The van der Waals surface area contributed by atoms with Crippen LogP contribution in [-0.4, -0.2) is 29.6 Å². The third kappa shape index (κ3) is 8.10. The zero-order valence-electron chi connectivity index (χ0n) is 15.5. The molecule has 1 aliphatic heterocycles. The van der Waals surface area contributed by atoms with Gasteiger partial charge >= 0.3 is 0 Å². The van der Waals surface area contributed by atoms with Crippen LogP contribution in [0.3, 0.4) is 0 Å². The first-order valence-electron chi connectivity index (χ1n) is 9.95. The Morgan fingerprint density at radius 2 is 1.23 bits per heavy atom. The largest absolute Gasteiger partial charge is 0.359 e. The molecule has 0 spiro atoms. The van der Waals surface area contributed by atoms with Crippen molar-refractivity contribution in [2.24, 2.45) is 0 Å². The van der Waals surface area contributed by atoms with Crippen LogP contribution in [0.4, 0.5) is 0 Å². The maximum absolute atomic E-state index is 2.57. The van der Waals surface area contributed by atoms with Crippen LogP contribution in [0.5, 0.6) is 0 Å². The summed E-state index contributed by atoms with van der Waals surface area (Å²) in [5.74, 6) is 0. The quantitative estimate of drug-likeness (QED) is 0.355. The van der Waals surface area contributed by atoms with Crippen LogP contribution in [-0.2, 0) is 0 Å². The molecule has 1 aliphatic rings. The highest BCUT2D eigenvalue weighted by Gasteiger charge is 2.22. The van der Waals surface area contributed by atoms with Gasteiger partial charge in [-0.25, -0.2) is 0 Å². The predicted octanol–water partition coefficient (Wildman–Crippen LogP) is 6.14. The van der Waals surface area contributed by atoms with E-state index in [2.05, 4.69) is 43.1 Å². The molecular weight excluding hydrogens is 268 g/mol. The molecule has 0 saturated heterocycles. The second-order valence-corrected chi connectivity index (χ2v) is 7.01. The van der Waals surface area contributed by atoms with Gasteiger partial charge in [0.15, 0.2) is 0 Å². The van der Waals surface area contributed by atoms with E-state index in [1.165, 1.54) is 90.0 Å². The lowest BCUT2D eigenvalue weighted by Gasteiger charge is -2.30. The van der Waals surface area contributed by atoms with E-state index >= 15 is 0 Å². The van der Waals surface area contributed by atoms with Crippen LogP contribution >= 0.6 is 0 Å². The number of unbranched alkanes of at least 4 members (excludes halogenated alkanes) is 10. The van der Waals surface area contributed by atoms with Crippen molar-refractivity contribution in [3.63, 3.8) is 0 Å². The topological polar surface area (TPSA) is 6.48 Å². The highest BCUT2D eigenvalue weighted by atomic mass is 15.4. The van der Waals surface area contributed by atoms with E-state index in [-0.39, 0.29) is 0 Å². The molecule has 2 heteroatoms. The fraction of sp³-hybridized carbons (Fsp3) is 0.900. The molecular formula is C20H40N2. The second-order valence-electron chi connectivity index (χ2n) is 7.01. The molecule has 130 valence electrons. The zero-order valence-corrected chi connectivity index (χ0v) is 15.5. The van der Waals surface area contributed by atoms with Gasteiger partial charge < -0.3 is 9.80 Å². The number of nitrogens with zero attached hydrogens (tertiary/aromatic N) is 2. The Morgan fingerprint density at radius 3 is 1.86 bits per heavy atom. The van der Waals surface area contributed by atoms with Crippen LogP contribution < -0.4 is 0 Å². The van der Waals surface area contributed by atoms with Gasteiger partial charge in [-0.3, -0.25) is 0 Å². The standard InChI is InChI=1S/C20H40N2/c1-4-6-8-10-11-12-14-16-20-21(3)18-19-22(20)17-15-13-9-7-5-2/h18-20H,4-17H2,1-3H3. The van der Waals surface area contributed by atoms with Crippen molar-refractivity contribution in [3.8, 4) is 0 Å². The third-order valence-corrected chi connectivity index (χ3v) is 4.93. The molecule has 0 saturated carbocycles. The fourth-order valence-corrected chi connectivity index (χ4v) is 3.40. The first-order valence-corrected chi connectivity index (χ1v) is 9.95. The Bertz CT molecular complexity index is 275. The summed E-state index contributed by atoms with van der Waals surface area (Å²) in [6.45, 7) is 5.82. The van der Waals surface area contributed by atoms with Gasteiger partial charge in [0.2, 0.25) is 0 Å². The molecule has 0 amide bonds. The summed E-state index contributed by atoms with van der Waals surface area (Å²) in [4.78, 5) is 4.98. The van der Waals surface area contributed by atoms with E-state index < -0.39 is 0 Å². The Morgan fingerprint density at radius 1 is 0.682 bits per heavy atom. The first-order chi connectivity index (χ1) is 10.8. The van der Waals surface area contributed by atoms with E-state index in [1.807, 2.05) is 0 Å². The molecule has 1 atom stereocenters. The van der Waals surface area contributed by atoms with Crippen LogP contribution in [0.25, 0.3) is 0 Å². The minimum Gasteiger partial charge on any atom is -0.359 e. The van der Waals surface area contributed by atoms with Gasteiger partial charge in [-0.15, -0.1) is 0 Å². The molecule has 1 rings (SSSR count). The molecule has 0 aromatic heterocycles. The van der Waals surface area contributed by atoms with Gasteiger partial charge in [0.25, 0.3) is 0 Å². The van der Waals surface area contributed by atoms with Crippen molar-refractivity contribution in [3.05, 3.63) is 12.4 Å². The highest BCUT2D eigenvalue weighted by Crippen LogP contribution is 2.21. The van der Waals surface area contributed by atoms with Crippen LogP contribution in [0.1, 0.15) is 97.3 Å². The molecule has 0 radical (unpaired) electrons. The molecule has 0 aromatic carbocycles. The Hall–Kier alpha value is -0.660. The zero-order chi connectivity index (χ0) is 16.0. The van der Waals surface area contributed by atoms with Gasteiger partial charge in [-0.1, -0.05) is 78.1 Å². The van der Waals surface area contributed by atoms with Crippen molar-refractivity contribution in [2.45, 2.75) is 103 Å². The Labute approximate surface area is 139 Å². The molecule has 1 heterocycles. The smallest absolute Gasteiger partial charge is 0.100 e. The first kappa shape index (κ1) is 19.4. The third-order valence-electron chi connectivity index (χ3n) is 4.93. The van der Waals surface area contributed by atoms with Crippen LogP contribution in [0.15, 0.2) is 12.4 Å². The van der Waals surface area contributed by atoms with E-state index in [0.29, 0.717) is 6.17 Å². The summed E-state index contributed by atoms with van der Waals surface area (Å²) in [5, 5.41) is 0. The average molecular weight is 309 g/mol. The summed E-state index contributed by atoms with van der Waals surface area (Å²) in [6.07, 6.45) is 23.3. The van der Waals surface area contributed by atoms with Gasteiger partial charge in [-0.2, -0.15) is 0 Å². The minimum atomic E-state index is 0.627. The second kappa shape index (κ2) is 12.8. The van der Waals surface area contributed by atoms with Crippen LogP contribution in [0.2, 0.25) is 0 Å². The van der Waals surface area contributed by atoms with Gasteiger partial charge in [0, 0.05) is 26.0 Å². The van der Waals surface area contributed by atoms with Crippen molar-refractivity contribution >= 4 is 0 Å². The van der Waals surface area contributed by atoms with Gasteiger partial charge in [0.1, 0.15) is 6.17 Å². The molecule has 0 aromatic rings. The minimum absolute atomic E-state index is 0.627. The lowest BCUT2D eigenvalue weighted by molar-refractivity contribution is 0.159. The molecule has 0 aliphatic carbocycles. The summed E-state index contributed by atoms with van der Waals surface area (Å²) >= 11 is 0. The lowest BCUT2D eigenvalue weighted by Crippen LogP contribution is -2.37. The molecule has 0 N–H and O–H groups in total. The average Bonchev–Trinajstić information content (AvgIpc) is 2.87. The maximum Gasteiger partial charge on any atom is 0.100 e. The van der Waals surface area contributed by atoms with E-state index in [4.69, 9.17) is 0 Å². The van der Waals surface area contributed by atoms with Crippen LogP contribution in [0, 0.1) is 0 Å². The number of hydrogen-bond acceptors (Lipinski definition) is 2. The Balaban J connectivity index is 2.09. The van der Waals surface area contributed by atoms with Crippen molar-refractivity contribution in [1.29, 1.82) is 0 Å². The molecule has 2 nitrogen and oxygen atoms in total. The van der Waals surface area contributed by atoms with Gasteiger partial charge in [-0.05, 0) is 19.3 Å². The summed E-state index contributed by atoms with van der Waals surface area (Å²) in [6, 6.07) is 0. The monoisotopic (exact) mass is 308 g/mol. The molecule has 1 unspecified atom stereocenters. The van der Waals surface area contributed by atoms with E-state index in [9.17, 15) is 0 Å². The normalized spacial score (nSPS) is 17.7. The fourth-order valence-electron chi connectivity index (χ4n) is 3.40.